The summed E-state index contributed by atoms with van der Waals surface area (Å²) in [6.45, 7) is 0. The molecule has 0 rings (SSSR count). The van der Waals surface area contributed by atoms with Crippen molar-refractivity contribution in [2.75, 3.05) is 0 Å². The van der Waals surface area contributed by atoms with Crippen molar-refractivity contribution in [1.82, 2.24) is 0 Å². The Bertz CT molecular complexity index is 24.7. The van der Waals surface area contributed by atoms with E-state index < -0.39 is 9.05 Å². The highest BCUT2D eigenvalue weighted by Crippen LogP contribution is 1.67. The van der Waals surface area contributed by atoms with Gasteiger partial charge >= 0.3 is 9.05 Å². The van der Waals surface area contributed by atoms with Crippen LogP contribution in [0.2, 0.25) is 0 Å². The molecule has 0 aromatic heterocycles. The fourth-order valence-corrected chi connectivity index (χ4v) is 0. The highest BCUT2D eigenvalue weighted by Gasteiger charge is 2.22. The van der Waals surface area contributed by atoms with Gasteiger partial charge in [0.15, 0.2) is 17.4 Å². The molecule has 70 valence electrons. The minimum atomic E-state index is -4.61. The molecule has 0 aliphatic heterocycles. The maximum absolute atomic E-state index is 7.33. The zero-order valence-corrected chi connectivity index (χ0v) is 5.29. The second-order valence-electron chi connectivity index (χ2n) is 0.600. The first kappa shape index (κ1) is 47.3. The smallest absolute Gasteiger partial charge is 0.412 e. The third-order valence-electron chi connectivity index (χ3n) is 0. The van der Waals surface area contributed by atoms with Gasteiger partial charge in [-0.05, 0) is 0 Å². The second-order valence-corrected chi connectivity index (χ2v) is 1.80. The lowest BCUT2D eigenvalue weighted by Crippen LogP contribution is -2.33. The normalized spacial score (nSPS) is 6.00. The molecule has 8 nitrogen and oxygen atoms in total. The summed E-state index contributed by atoms with van der Waals surface area (Å²) in [7, 11) is -4.61. The topological polar surface area (TPSA) is 207 Å². The molecule has 0 aromatic rings. The standard InChI is InChI=1S/Al.H4O4Si.4H2O.3H/c;1-5(2,3)4;;;;;;;/h;1-4H;4*1H2;;;. The van der Waals surface area contributed by atoms with E-state index in [1.54, 1.807) is 0 Å². The van der Waals surface area contributed by atoms with E-state index in [1.807, 2.05) is 0 Å². The Kier molecular flexibility index (Phi) is 76.6. The molecule has 0 spiro atoms. The Morgan fingerprint density at radius 2 is 0.600 bits per heavy atom. The summed E-state index contributed by atoms with van der Waals surface area (Å²) >= 11 is 0. The van der Waals surface area contributed by atoms with Crippen molar-refractivity contribution < 1.29 is 41.1 Å². The van der Waals surface area contributed by atoms with E-state index in [-0.39, 0.29) is 39.3 Å². The van der Waals surface area contributed by atoms with Crippen molar-refractivity contribution in [3.63, 3.8) is 0 Å². The monoisotopic (exact) mass is 198 g/mol. The largest absolute Gasteiger partial charge is 0.668 e. The van der Waals surface area contributed by atoms with Gasteiger partial charge in [-0.1, -0.05) is 0 Å². The Morgan fingerprint density at radius 1 is 0.600 bits per heavy atom. The predicted octanol–water partition coefficient (Wildman–Crippen LogP) is -7.09. The Hall–Kier alpha value is 0.429. The van der Waals surface area contributed by atoms with Crippen molar-refractivity contribution in [3.8, 4) is 0 Å². The van der Waals surface area contributed by atoms with Crippen molar-refractivity contribution in [2.24, 2.45) is 0 Å². The average Bonchev–Trinajstić information content (AvgIpc) is 0.722. The predicted molar refractivity (Wildman–Crippen MR) is 39.0 cm³/mol. The van der Waals surface area contributed by atoms with E-state index in [9.17, 15) is 0 Å². The van der Waals surface area contributed by atoms with Gasteiger partial charge in [-0.2, -0.15) is 0 Å². The van der Waals surface area contributed by atoms with E-state index in [0.717, 1.165) is 0 Å². The van der Waals surface area contributed by atoms with E-state index in [2.05, 4.69) is 0 Å². The van der Waals surface area contributed by atoms with Gasteiger partial charge in [-0.15, -0.1) is 0 Å². The molecule has 0 amide bonds. The van der Waals surface area contributed by atoms with Crippen molar-refractivity contribution in [2.45, 2.75) is 0 Å². The molecule has 0 unspecified atom stereocenters. The molecule has 10 heavy (non-hydrogen) atoms. The van der Waals surface area contributed by atoms with Crippen LogP contribution >= 0.6 is 0 Å². The summed E-state index contributed by atoms with van der Waals surface area (Å²) in [5, 5.41) is 0. The molecular weight excluding hydrogens is 183 g/mol. The first-order valence-corrected chi connectivity index (χ1v) is 2.68. The molecule has 0 atom stereocenters. The van der Waals surface area contributed by atoms with Crippen LogP contribution in [0.25, 0.3) is 0 Å². The summed E-state index contributed by atoms with van der Waals surface area (Å²) in [5.74, 6) is 0. The summed E-state index contributed by atoms with van der Waals surface area (Å²) in [5.41, 5.74) is 0. The van der Waals surface area contributed by atoms with Crippen LogP contribution in [-0.2, 0) is 0 Å². The van der Waals surface area contributed by atoms with Gasteiger partial charge in [-0.25, -0.2) is 0 Å². The molecule has 0 aromatic carbocycles. The van der Waals surface area contributed by atoms with Gasteiger partial charge in [0.2, 0.25) is 0 Å². The lowest BCUT2D eigenvalue weighted by Gasteiger charge is -1.91. The Morgan fingerprint density at radius 3 is 0.600 bits per heavy atom. The summed E-state index contributed by atoms with van der Waals surface area (Å²) in [4.78, 5) is 29.3. The number of hydrogen-bond acceptors (Lipinski definition) is 4. The fraction of sp³-hybridized carbons (Fsp3) is 0. The van der Waals surface area contributed by atoms with Gasteiger partial charge in [0.1, 0.15) is 0 Å². The van der Waals surface area contributed by atoms with Crippen molar-refractivity contribution in [3.05, 3.63) is 0 Å². The molecule has 0 aliphatic carbocycles. The molecule has 0 aliphatic rings. The van der Waals surface area contributed by atoms with Gasteiger partial charge < -0.3 is 41.1 Å². The Labute approximate surface area is 68.2 Å². The van der Waals surface area contributed by atoms with Crippen molar-refractivity contribution in [1.29, 1.82) is 0 Å². The van der Waals surface area contributed by atoms with Gasteiger partial charge in [0.25, 0.3) is 0 Å². The van der Waals surface area contributed by atoms with Gasteiger partial charge in [0, 0.05) is 0 Å². The van der Waals surface area contributed by atoms with Crippen molar-refractivity contribution >= 4 is 26.4 Å². The lowest BCUT2D eigenvalue weighted by molar-refractivity contribution is 0.117. The first-order valence-electron chi connectivity index (χ1n) is 0.894. The van der Waals surface area contributed by atoms with Crippen LogP contribution in [0, 0.1) is 0 Å². The molecule has 0 saturated heterocycles. The molecule has 0 bridgehead atoms. The molecular formula is H15AlO8Si. The highest BCUT2D eigenvalue weighted by atomic mass is 28.4. The lowest BCUT2D eigenvalue weighted by atomic mass is 15.7. The zero-order valence-electron chi connectivity index (χ0n) is 4.29. The molecule has 0 radical (unpaired) electrons. The molecule has 0 heterocycles. The molecule has 10 heteroatoms. The third-order valence-corrected chi connectivity index (χ3v) is 0. The zero-order chi connectivity index (χ0) is 4.50. The minimum absolute atomic E-state index is 0. The first-order chi connectivity index (χ1) is 2.00. The number of rotatable bonds is 0. The van der Waals surface area contributed by atoms with Gasteiger partial charge in [-0.3, -0.25) is 0 Å². The molecule has 0 saturated carbocycles. The quantitative estimate of drug-likeness (QED) is 0.279. The van der Waals surface area contributed by atoms with E-state index in [4.69, 9.17) is 19.2 Å². The van der Waals surface area contributed by atoms with Crippen LogP contribution < -0.4 is 0 Å². The number of hydrogen-bond donors (Lipinski definition) is 4. The van der Waals surface area contributed by atoms with Crippen LogP contribution in [0.1, 0.15) is 0 Å². The van der Waals surface area contributed by atoms with Crippen LogP contribution in [-0.4, -0.2) is 67.5 Å². The van der Waals surface area contributed by atoms with E-state index in [0.29, 0.717) is 0 Å². The fourth-order valence-electron chi connectivity index (χ4n) is 0. The Balaban J connectivity index is -0.00000000800. The SMILES string of the molecule is O.O.O.O.O[Si](O)(O)O.[AlH3]. The van der Waals surface area contributed by atoms with E-state index in [1.165, 1.54) is 0 Å². The summed E-state index contributed by atoms with van der Waals surface area (Å²) < 4.78 is 0. The van der Waals surface area contributed by atoms with Crippen LogP contribution in [0.15, 0.2) is 0 Å². The molecule has 12 N–H and O–H groups in total. The van der Waals surface area contributed by atoms with E-state index >= 15 is 0 Å². The third kappa shape index (κ3) is 2520. The minimum Gasteiger partial charge on any atom is -0.412 e. The van der Waals surface area contributed by atoms with Crippen LogP contribution in [0.5, 0.6) is 0 Å². The maximum atomic E-state index is 7.33. The van der Waals surface area contributed by atoms with Crippen LogP contribution in [0.3, 0.4) is 0 Å². The molecule has 0 fully saturated rings. The summed E-state index contributed by atoms with van der Waals surface area (Å²) in [6.07, 6.45) is 0. The maximum Gasteiger partial charge on any atom is 0.668 e. The van der Waals surface area contributed by atoms with Crippen LogP contribution in [0.4, 0.5) is 0 Å². The second kappa shape index (κ2) is 16.2. The average molecular weight is 198 g/mol. The highest BCUT2D eigenvalue weighted by molar-refractivity contribution is 6.46. The summed E-state index contributed by atoms with van der Waals surface area (Å²) in [6, 6.07) is 0. The van der Waals surface area contributed by atoms with Gasteiger partial charge in [0.05, 0.1) is 0 Å².